The molecule has 21 heavy (non-hydrogen) atoms. The van der Waals surface area contributed by atoms with Gasteiger partial charge in [-0.05, 0) is 53.9 Å². The largest absolute Gasteiger partial charge is 0.385 e. The van der Waals surface area contributed by atoms with Crippen LogP contribution in [-0.2, 0) is 18.6 Å². The molecule has 114 valence electrons. The van der Waals surface area contributed by atoms with Crippen molar-refractivity contribution in [3.8, 4) is 0 Å². The van der Waals surface area contributed by atoms with E-state index in [0.717, 1.165) is 22.4 Å². The molecule has 1 atom stereocenters. The van der Waals surface area contributed by atoms with Crippen molar-refractivity contribution in [1.29, 1.82) is 0 Å². The van der Waals surface area contributed by atoms with E-state index in [1.165, 1.54) is 12.1 Å². The number of hydrogen-bond acceptors (Lipinski definition) is 2. The summed E-state index contributed by atoms with van der Waals surface area (Å²) in [5.74, 6) is -0.335. The van der Waals surface area contributed by atoms with E-state index >= 15 is 0 Å². The Morgan fingerprint density at radius 3 is 2.67 bits per heavy atom. The Balaban J connectivity index is 2.43. The van der Waals surface area contributed by atoms with Crippen LogP contribution < -0.4 is 0 Å². The fourth-order valence-corrected chi connectivity index (χ4v) is 2.95. The van der Waals surface area contributed by atoms with Crippen molar-refractivity contribution < 1.29 is 9.50 Å². The van der Waals surface area contributed by atoms with Gasteiger partial charge in [0, 0.05) is 13.0 Å². The highest BCUT2D eigenvalue weighted by molar-refractivity contribution is 9.10. The second kappa shape index (κ2) is 6.28. The summed E-state index contributed by atoms with van der Waals surface area (Å²) in [7, 11) is 0. The Labute approximate surface area is 132 Å². The molecule has 2 aromatic rings. The van der Waals surface area contributed by atoms with Gasteiger partial charge in [-0.3, -0.25) is 4.68 Å². The predicted octanol–water partition coefficient (Wildman–Crippen LogP) is 3.95. The number of hydrogen-bond donors (Lipinski definition) is 1. The molecule has 1 unspecified atom stereocenters. The third-order valence-electron chi connectivity index (χ3n) is 3.86. The number of aromatic nitrogens is 2. The topological polar surface area (TPSA) is 38.0 Å². The lowest BCUT2D eigenvalue weighted by atomic mass is 9.86. The maximum absolute atomic E-state index is 13.5. The first-order chi connectivity index (χ1) is 9.91. The molecular formula is C16H20BrFN2O. The van der Waals surface area contributed by atoms with E-state index in [-0.39, 0.29) is 5.82 Å². The predicted molar refractivity (Wildman–Crippen MR) is 84.6 cm³/mol. The van der Waals surface area contributed by atoms with E-state index in [1.54, 1.807) is 12.1 Å². The van der Waals surface area contributed by atoms with Crippen molar-refractivity contribution in [2.45, 2.75) is 45.8 Å². The van der Waals surface area contributed by atoms with Crippen LogP contribution in [-0.4, -0.2) is 14.9 Å². The normalized spacial score (nSPS) is 14.2. The first-order valence-electron chi connectivity index (χ1n) is 7.11. The van der Waals surface area contributed by atoms with E-state index in [0.29, 0.717) is 18.4 Å². The second-order valence-electron chi connectivity index (χ2n) is 5.23. The summed E-state index contributed by atoms with van der Waals surface area (Å²) in [6, 6.07) is 6.18. The van der Waals surface area contributed by atoms with Gasteiger partial charge < -0.3 is 5.11 Å². The zero-order valence-electron chi connectivity index (χ0n) is 12.5. The van der Waals surface area contributed by atoms with Crippen molar-refractivity contribution in [2.75, 3.05) is 0 Å². The Morgan fingerprint density at radius 1 is 1.38 bits per heavy atom. The van der Waals surface area contributed by atoms with Crippen LogP contribution in [0, 0.1) is 12.7 Å². The average molecular weight is 355 g/mol. The van der Waals surface area contributed by atoms with Crippen LogP contribution in [0.1, 0.15) is 37.2 Å². The van der Waals surface area contributed by atoms with Gasteiger partial charge in [-0.25, -0.2) is 4.39 Å². The zero-order chi connectivity index (χ0) is 15.6. The number of aryl methyl sites for hydroxylation is 2. The Morgan fingerprint density at radius 2 is 2.10 bits per heavy atom. The number of halogens is 2. The van der Waals surface area contributed by atoms with E-state index in [4.69, 9.17) is 0 Å². The van der Waals surface area contributed by atoms with E-state index < -0.39 is 5.60 Å². The Kier molecular flexibility index (Phi) is 4.84. The smallest absolute Gasteiger partial charge is 0.123 e. The number of aliphatic hydroxyl groups is 1. The highest BCUT2D eigenvalue weighted by atomic mass is 79.9. The SMILES string of the molecule is CCn1nc(C)c(Br)c1CC(O)(CC)c1cccc(F)c1. The fourth-order valence-electron chi connectivity index (χ4n) is 2.52. The van der Waals surface area contributed by atoms with Gasteiger partial charge in [-0.2, -0.15) is 5.10 Å². The highest BCUT2D eigenvalue weighted by Crippen LogP contribution is 2.33. The van der Waals surface area contributed by atoms with Gasteiger partial charge >= 0.3 is 0 Å². The molecule has 0 aliphatic heterocycles. The zero-order valence-corrected chi connectivity index (χ0v) is 14.1. The first-order valence-corrected chi connectivity index (χ1v) is 7.90. The molecule has 3 nitrogen and oxygen atoms in total. The maximum atomic E-state index is 13.5. The summed E-state index contributed by atoms with van der Waals surface area (Å²) in [4.78, 5) is 0. The molecule has 0 saturated carbocycles. The van der Waals surface area contributed by atoms with Gasteiger partial charge in [0.15, 0.2) is 0 Å². The molecule has 0 aliphatic carbocycles. The minimum Gasteiger partial charge on any atom is -0.385 e. The molecule has 2 rings (SSSR count). The number of nitrogens with zero attached hydrogens (tertiary/aromatic N) is 2. The monoisotopic (exact) mass is 354 g/mol. The molecule has 0 bridgehead atoms. The lowest BCUT2D eigenvalue weighted by Gasteiger charge is -2.28. The lowest BCUT2D eigenvalue weighted by Crippen LogP contribution is -2.29. The molecule has 0 amide bonds. The summed E-state index contributed by atoms with van der Waals surface area (Å²) in [5, 5.41) is 15.4. The van der Waals surface area contributed by atoms with Gasteiger partial charge in [-0.1, -0.05) is 19.1 Å². The van der Waals surface area contributed by atoms with Gasteiger partial charge in [0.2, 0.25) is 0 Å². The van der Waals surface area contributed by atoms with E-state index in [1.807, 2.05) is 25.5 Å². The average Bonchev–Trinajstić information content (AvgIpc) is 2.74. The van der Waals surface area contributed by atoms with E-state index in [9.17, 15) is 9.50 Å². The summed E-state index contributed by atoms with van der Waals surface area (Å²) in [6.45, 7) is 6.56. The van der Waals surface area contributed by atoms with E-state index in [2.05, 4.69) is 21.0 Å². The molecule has 0 radical (unpaired) electrons. The minimum absolute atomic E-state index is 0.335. The Bertz CT molecular complexity index is 641. The molecule has 0 aliphatic rings. The van der Waals surface area contributed by atoms with Crippen molar-refractivity contribution in [3.63, 3.8) is 0 Å². The summed E-state index contributed by atoms with van der Waals surface area (Å²) in [5.41, 5.74) is 1.32. The minimum atomic E-state index is -1.11. The van der Waals surface area contributed by atoms with Gasteiger partial charge in [0.1, 0.15) is 5.82 Å². The third kappa shape index (κ3) is 3.19. The number of rotatable bonds is 5. The lowest BCUT2D eigenvalue weighted by molar-refractivity contribution is 0.0302. The fraction of sp³-hybridized carbons (Fsp3) is 0.438. The van der Waals surface area contributed by atoms with Crippen LogP contribution in [0.25, 0.3) is 0 Å². The van der Waals surface area contributed by atoms with Gasteiger partial charge in [-0.15, -0.1) is 0 Å². The molecule has 0 fully saturated rings. The van der Waals surface area contributed by atoms with Crippen molar-refractivity contribution in [3.05, 3.63) is 51.5 Å². The number of benzene rings is 1. The standard InChI is InChI=1S/C16H20BrFN2O/c1-4-16(21,12-7-6-8-13(18)9-12)10-14-15(17)11(3)19-20(14)5-2/h6-9,21H,4-5,10H2,1-3H3. The molecule has 0 spiro atoms. The molecule has 1 aromatic heterocycles. The van der Waals surface area contributed by atoms with Crippen molar-refractivity contribution >= 4 is 15.9 Å². The molecule has 1 N–H and O–H groups in total. The first kappa shape index (κ1) is 16.2. The van der Waals surface area contributed by atoms with Crippen LogP contribution >= 0.6 is 15.9 Å². The summed E-state index contributed by atoms with van der Waals surface area (Å²) >= 11 is 3.54. The molecule has 0 saturated heterocycles. The van der Waals surface area contributed by atoms with Gasteiger partial charge in [0.05, 0.1) is 21.5 Å². The van der Waals surface area contributed by atoms with Crippen LogP contribution in [0.15, 0.2) is 28.7 Å². The second-order valence-corrected chi connectivity index (χ2v) is 6.03. The molecule has 1 aromatic carbocycles. The summed E-state index contributed by atoms with van der Waals surface area (Å²) < 4.78 is 16.2. The van der Waals surface area contributed by atoms with Crippen LogP contribution in [0.3, 0.4) is 0 Å². The summed E-state index contributed by atoms with van der Waals surface area (Å²) in [6.07, 6.45) is 0.888. The van der Waals surface area contributed by atoms with Crippen LogP contribution in [0.4, 0.5) is 4.39 Å². The maximum Gasteiger partial charge on any atom is 0.123 e. The highest BCUT2D eigenvalue weighted by Gasteiger charge is 2.31. The Hall–Kier alpha value is -1.20. The molecular weight excluding hydrogens is 335 g/mol. The van der Waals surface area contributed by atoms with Crippen molar-refractivity contribution in [2.24, 2.45) is 0 Å². The third-order valence-corrected chi connectivity index (χ3v) is 4.89. The quantitative estimate of drug-likeness (QED) is 0.882. The van der Waals surface area contributed by atoms with Crippen LogP contribution in [0.2, 0.25) is 0 Å². The molecule has 5 heteroatoms. The van der Waals surface area contributed by atoms with Crippen molar-refractivity contribution in [1.82, 2.24) is 9.78 Å². The molecule has 1 heterocycles. The van der Waals surface area contributed by atoms with Crippen LogP contribution in [0.5, 0.6) is 0 Å². The van der Waals surface area contributed by atoms with Gasteiger partial charge in [0.25, 0.3) is 0 Å².